The van der Waals surface area contributed by atoms with Gasteiger partial charge in [-0.25, -0.2) is 4.79 Å². The predicted molar refractivity (Wildman–Crippen MR) is 118 cm³/mol. The molecule has 1 amide bonds. The van der Waals surface area contributed by atoms with Gasteiger partial charge in [0.25, 0.3) is 5.91 Å². The average molecular weight is 389 g/mol. The van der Waals surface area contributed by atoms with Gasteiger partial charge in [0.05, 0.1) is 5.56 Å². The number of carbonyl (C=O) groups is 2. The predicted octanol–water partition coefficient (Wildman–Crippen LogP) is 5.70. The Hall–Kier alpha value is -3.14. The van der Waals surface area contributed by atoms with Crippen LogP contribution in [0.15, 0.2) is 67.3 Å². The number of carboxylic acid groups (broad SMARTS) is 1. The Balaban J connectivity index is 1.81. The molecular weight excluding hydrogens is 362 g/mol. The molecular formula is C25H27NO3. The van der Waals surface area contributed by atoms with Crippen molar-refractivity contribution < 1.29 is 14.7 Å². The average Bonchev–Trinajstić information content (AvgIpc) is 2.73. The fourth-order valence-electron chi connectivity index (χ4n) is 3.74. The van der Waals surface area contributed by atoms with Crippen LogP contribution in [-0.4, -0.2) is 23.0 Å². The summed E-state index contributed by atoms with van der Waals surface area (Å²) in [4.78, 5) is 24.9. The van der Waals surface area contributed by atoms with E-state index in [4.69, 9.17) is 0 Å². The number of carboxylic acids is 1. The van der Waals surface area contributed by atoms with Gasteiger partial charge in [-0.2, -0.15) is 0 Å². The number of benzene rings is 3. The summed E-state index contributed by atoms with van der Waals surface area (Å²) in [6.07, 6.45) is 7.13. The summed E-state index contributed by atoms with van der Waals surface area (Å²) in [6, 6.07) is 16.6. The van der Waals surface area contributed by atoms with Crippen LogP contribution >= 0.6 is 0 Å². The maximum atomic E-state index is 13.2. The first-order valence-electron chi connectivity index (χ1n) is 10.2. The van der Waals surface area contributed by atoms with E-state index in [2.05, 4.69) is 18.0 Å². The van der Waals surface area contributed by atoms with Gasteiger partial charge in [0, 0.05) is 0 Å². The minimum Gasteiger partial charge on any atom is -0.480 e. The SMILES string of the molecule is C=CCCCCCC[C@H](NC(=O)c1c2ccccc2cc2ccccc12)C(=O)O. The maximum Gasteiger partial charge on any atom is 0.326 e. The molecule has 0 spiro atoms. The van der Waals surface area contributed by atoms with Crippen LogP contribution in [-0.2, 0) is 4.79 Å². The molecule has 0 saturated carbocycles. The highest BCUT2D eigenvalue weighted by molar-refractivity contribution is 6.18. The summed E-state index contributed by atoms with van der Waals surface area (Å²) in [6.45, 7) is 3.71. The van der Waals surface area contributed by atoms with E-state index in [0.717, 1.165) is 53.6 Å². The van der Waals surface area contributed by atoms with E-state index < -0.39 is 12.0 Å². The second-order valence-electron chi connectivity index (χ2n) is 7.34. The number of carbonyl (C=O) groups excluding carboxylic acids is 1. The molecule has 1 atom stereocenters. The Labute approximate surface area is 171 Å². The van der Waals surface area contributed by atoms with E-state index in [1.54, 1.807) is 0 Å². The Morgan fingerprint density at radius 1 is 0.931 bits per heavy atom. The number of fused-ring (bicyclic) bond motifs is 2. The fourth-order valence-corrected chi connectivity index (χ4v) is 3.74. The Kier molecular flexibility index (Phi) is 7.01. The van der Waals surface area contributed by atoms with Gasteiger partial charge >= 0.3 is 5.97 Å². The second kappa shape index (κ2) is 9.87. The third-order valence-corrected chi connectivity index (χ3v) is 5.25. The highest BCUT2D eigenvalue weighted by atomic mass is 16.4. The first-order chi connectivity index (χ1) is 14.1. The first-order valence-corrected chi connectivity index (χ1v) is 10.2. The molecule has 3 rings (SSSR count). The molecule has 2 N–H and O–H groups in total. The lowest BCUT2D eigenvalue weighted by molar-refractivity contribution is -0.139. The minimum absolute atomic E-state index is 0.336. The third-order valence-electron chi connectivity index (χ3n) is 5.25. The smallest absolute Gasteiger partial charge is 0.326 e. The normalized spacial score (nSPS) is 12.0. The summed E-state index contributed by atoms with van der Waals surface area (Å²) in [7, 11) is 0. The van der Waals surface area contributed by atoms with Crippen LogP contribution in [0.1, 0.15) is 48.9 Å². The lowest BCUT2D eigenvalue weighted by Gasteiger charge is -2.17. The molecule has 0 aromatic heterocycles. The van der Waals surface area contributed by atoms with Crippen molar-refractivity contribution in [2.24, 2.45) is 0 Å². The van der Waals surface area contributed by atoms with Gasteiger partial charge < -0.3 is 10.4 Å². The number of hydrogen-bond donors (Lipinski definition) is 2. The molecule has 0 radical (unpaired) electrons. The Morgan fingerprint density at radius 3 is 2.10 bits per heavy atom. The van der Waals surface area contributed by atoms with Crippen molar-refractivity contribution in [2.75, 3.05) is 0 Å². The minimum atomic E-state index is -0.992. The van der Waals surface area contributed by atoms with Crippen molar-refractivity contribution in [3.8, 4) is 0 Å². The van der Waals surface area contributed by atoms with Crippen molar-refractivity contribution in [1.82, 2.24) is 5.32 Å². The zero-order valence-electron chi connectivity index (χ0n) is 16.6. The lowest BCUT2D eigenvalue weighted by atomic mass is 9.96. The van der Waals surface area contributed by atoms with Crippen molar-refractivity contribution in [3.63, 3.8) is 0 Å². The molecule has 29 heavy (non-hydrogen) atoms. The molecule has 0 unspecified atom stereocenters. The van der Waals surface area contributed by atoms with Gasteiger partial charge in [-0.1, -0.05) is 73.9 Å². The van der Waals surface area contributed by atoms with Crippen LogP contribution in [0.25, 0.3) is 21.5 Å². The molecule has 0 aliphatic heterocycles. The summed E-state index contributed by atoms with van der Waals surface area (Å²) in [5, 5.41) is 16.0. The molecule has 0 aliphatic carbocycles. The molecule has 3 aromatic carbocycles. The Bertz CT molecular complexity index is 971. The molecule has 4 heteroatoms. The molecule has 3 aromatic rings. The van der Waals surface area contributed by atoms with E-state index in [1.165, 1.54) is 0 Å². The number of rotatable bonds is 10. The molecule has 0 aliphatic rings. The highest BCUT2D eigenvalue weighted by Crippen LogP contribution is 2.28. The second-order valence-corrected chi connectivity index (χ2v) is 7.34. The summed E-state index contributed by atoms with van der Waals surface area (Å²) < 4.78 is 0. The molecule has 0 fully saturated rings. The molecule has 150 valence electrons. The van der Waals surface area contributed by atoms with Crippen molar-refractivity contribution >= 4 is 33.4 Å². The Morgan fingerprint density at radius 2 is 1.52 bits per heavy atom. The zero-order chi connectivity index (χ0) is 20.6. The lowest BCUT2D eigenvalue weighted by Crippen LogP contribution is -2.40. The number of aliphatic carboxylic acids is 1. The number of hydrogen-bond acceptors (Lipinski definition) is 2. The van der Waals surface area contributed by atoms with Crippen LogP contribution in [0.5, 0.6) is 0 Å². The maximum absolute atomic E-state index is 13.2. The largest absolute Gasteiger partial charge is 0.480 e. The van der Waals surface area contributed by atoms with Crippen LogP contribution in [0, 0.1) is 0 Å². The monoisotopic (exact) mass is 389 g/mol. The van der Waals surface area contributed by atoms with E-state index >= 15 is 0 Å². The van der Waals surface area contributed by atoms with Gasteiger partial charge in [0.1, 0.15) is 6.04 Å². The standard InChI is InChI=1S/C25H27NO3/c1-2-3-4-5-6-7-16-22(25(28)29)26-24(27)23-20-14-10-8-12-18(20)17-19-13-9-11-15-21(19)23/h2,8-15,17,22H,1,3-7,16H2,(H,26,27)(H,28,29)/t22-/m0/s1. The fraction of sp³-hybridized carbons (Fsp3) is 0.280. The first kappa shape index (κ1) is 20.6. The van der Waals surface area contributed by atoms with Crippen molar-refractivity contribution in [1.29, 1.82) is 0 Å². The van der Waals surface area contributed by atoms with Gasteiger partial charge in [0.2, 0.25) is 0 Å². The summed E-state index contributed by atoms with van der Waals surface area (Å²) >= 11 is 0. The molecule has 4 nitrogen and oxygen atoms in total. The summed E-state index contributed by atoms with van der Waals surface area (Å²) in [5.41, 5.74) is 0.538. The molecule has 0 saturated heterocycles. The number of nitrogens with one attached hydrogen (secondary N) is 1. The van der Waals surface area contributed by atoms with Crippen LogP contribution in [0.3, 0.4) is 0 Å². The van der Waals surface area contributed by atoms with Crippen molar-refractivity contribution in [3.05, 3.63) is 72.8 Å². The van der Waals surface area contributed by atoms with Crippen LogP contribution in [0.4, 0.5) is 0 Å². The zero-order valence-corrected chi connectivity index (χ0v) is 16.6. The van der Waals surface area contributed by atoms with Crippen molar-refractivity contribution in [2.45, 2.75) is 44.6 Å². The van der Waals surface area contributed by atoms with E-state index in [0.29, 0.717) is 12.0 Å². The number of amides is 1. The van der Waals surface area contributed by atoms with Gasteiger partial charge in [-0.15, -0.1) is 6.58 Å². The molecule has 0 bridgehead atoms. The van der Waals surface area contributed by atoms with E-state index in [1.807, 2.05) is 54.6 Å². The quantitative estimate of drug-likeness (QED) is 0.265. The number of allylic oxidation sites excluding steroid dienone is 1. The van der Waals surface area contributed by atoms with Crippen LogP contribution < -0.4 is 5.32 Å². The van der Waals surface area contributed by atoms with Gasteiger partial charge in [-0.05, 0) is 46.9 Å². The van der Waals surface area contributed by atoms with E-state index in [-0.39, 0.29) is 5.91 Å². The highest BCUT2D eigenvalue weighted by Gasteiger charge is 2.22. The van der Waals surface area contributed by atoms with Crippen LogP contribution in [0.2, 0.25) is 0 Å². The summed E-state index contributed by atoms with van der Waals surface area (Å²) in [5.74, 6) is -1.33. The van der Waals surface area contributed by atoms with Gasteiger partial charge in [-0.3, -0.25) is 4.79 Å². The third kappa shape index (κ3) is 5.02. The number of unbranched alkanes of at least 4 members (excludes halogenated alkanes) is 4. The van der Waals surface area contributed by atoms with Gasteiger partial charge in [0.15, 0.2) is 0 Å². The topological polar surface area (TPSA) is 66.4 Å². The van der Waals surface area contributed by atoms with E-state index in [9.17, 15) is 14.7 Å². The molecule has 0 heterocycles.